The van der Waals surface area contributed by atoms with Gasteiger partial charge in [0.05, 0.1) is 5.56 Å². The Kier molecular flexibility index (Phi) is 5.78. The number of aryl methyl sites for hydroxylation is 1. The molecule has 3 N–H and O–H groups in total. The fourth-order valence-corrected chi connectivity index (χ4v) is 3.36. The van der Waals surface area contributed by atoms with Crippen LogP contribution < -0.4 is 11.2 Å². The molecule has 1 aromatic carbocycles. The molecule has 0 atom stereocenters. The molecule has 2 heterocycles. The summed E-state index contributed by atoms with van der Waals surface area (Å²) < 4.78 is 41.1. The molecule has 0 unspecified atom stereocenters. The van der Waals surface area contributed by atoms with Crippen molar-refractivity contribution < 1.29 is 13.2 Å². The number of imidazole rings is 1. The van der Waals surface area contributed by atoms with Gasteiger partial charge in [0.1, 0.15) is 5.84 Å². The molecular formula is C18H18BrF3N6O. The number of fused-ring (bicyclic) bond motifs is 1. The summed E-state index contributed by atoms with van der Waals surface area (Å²) in [5, 5.41) is 16.8. The van der Waals surface area contributed by atoms with Crippen LogP contribution in [0.5, 0.6) is 0 Å². The van der Waals surface area contributed by atoms with Crippen LogP contribution in [0.3, 0.4) is 0 Å². The lowest BCUT2D eigenvalue weighted by molar-refractivity contribution is -0.137. The van der Waals surface area contributed by atoms with Crippen molar-refractivity contribution in [3.63, 3.8) is 0 Å². The third kappa shape index (κ3) is 4.04. The van der Waals surface area contributed by atoms with Crippen LogP contribution in [0.4, 0.5) is 13.2 Å². The summed E-state index contributed by atoms with van der Waals surface area (Å²) in [6.07, 6.45) is -1.88. The smallest absolute Gasteiger partial charge is 0.327 e. The van der Waals surface area contributed by atoms with Crippen molar-refractivity contribution in [3.8, 4) is 0 Å². The number of H-pyrrole nitrogens is 1. The predicted octanol–water partition coefficient (Wildman–Crippen LogP) is 3.85. The minimum atomic E-state index is -4.50. The van der Waals surface area contributed by atoms with E-state index in [1.807, 2.05) is 6.92 Å². The highest BCUT2D eigenvalue weighted by molar-refractivity contribution is 9.10. The van der Waals surface area contributed by atoms with Gasteiger partial charge in [-0.2, -0.15) is 13.2 Å². The average Bonchev–Trinajstić information content (AvgIpc) is 3.05. The summed E-state index contributed by atoms with van der Waals surface area (Å²) in [7, 11) is 0. The second kappa shape index (κ2) is 7.97. The Balaban J connectivity index is 2.14. The molecule has 0 fully saturated rings. The van der Waals surface area contributed by atoms with Gasteiger partial charge >= 0.3 is 6.18 Å². The molecule has 0 aliphatic carbocycles. The van der Waals surface area contributed by atoms with Gasteiger partial charge in [-0.15, -0.1) is 0 Å². The third-order valence-corrected chi connectivity index (χ3v) is 4.87. The fourth-order valence-electron chi connectivity index (χ4n) is 2.99. The van der Waals surface area contributed by atoms with Crippen molar-refractivity contribution in [1.29, 1.82) is 10.8 Å². The molecule has 7 nitrogen and oxygen atoms in total. The molecule has 0 amide bonds. The lowest BCUT2D eigenvalue weighted by atomic mass is 10.1. The van der Waals surface area contributed by atoms with E-state index in [0.717, 1.165) is 48.1 Å². The summed E-state index contributed by atoms with van der Waals surface area (Å²) in [6.45, 7) is 2.45. The van der Waals surface area contributed by atoms with E-state index in [0.29, 0.717) is 16.9 Å². The van der Waals surface area contributed by atoms with Gasteiger partial charge in [-0.05, 0) is 34.5 Å². The van der Waals surface area contributed by atoms with Crippen LogP contribution in [-0.2, 0) is 12.7 Å². The first-order chi connectivity index (χ1) is 13.6. The molecule has 0 saturated carbocycles. The molecule has 0 saturated heterocycles. The summed E-state index contributed by atoms with van der Waals surface area (Å²) in [5.41, 5.74) is -1.29. The second-order valence-electron chi connectivity index (χ2n) is 6.47. The largest absolute Gasteiger partial charge is 0.416 e. The maximum Gasteiger partial charge on any atom is 0.416 e. The van der Waals surface area contributed by atoms with Gasteiger partial charge in [0, 0.05) is 12.1 Å². The zero-order valence-electron chi connectivity index (χ0n) is 15.4. The highest BCUT2D eigenvalue weighted by Gasteiger charge is 2.30. The number of benzene rings is 1. The SMILES string of the molecule is CCCCCn1c(=N)n(C(=N)c2ccc(C(F)(F)F)cc2)c(=O)c2[nH]c(Br)nc21. The molecule has 0 radical (unpaired) electrons. The van der Waals surface area contributed by atoms with Crippen LogP contribution in [0.25, 0.3) is 11.2 Å². The van der Waals surface area contributed by atoms with Gasteiger partial charge < -0.3 is 4.98 Å². The highest BCUT2D eigenvalue weighted by atomic mass is 79.9. The van der Waals surface area contributed by atoms with Crippen molar-refractivity contribution >= 4 is 32.9 Å². The van der Waals surface area contributed by atoms with E-state index in [1.165, 1.54) is 4.57 Å². The van der Waals surface area contributed by atoms with Crippen molar-refractivity contribution in [1.82, 2.24) is 19.1 Å². The second-order valence-corrected chi connectivity index (χ2v) is 7.22. The zero-order chi connectivity index (χ0) is 21.3. The number of hydrogen-bond acceptors (Lipinski definition) is 4. The first-order valence-corrected chi connectivity index (χ1v) is 9.66. The maximum absolute atomic E-state index is 12.9. The van der Waals surface area contributed by atoms with E-state index in [1.54, 1.807) is 0 Å². The van der Waals surface area contributed by atoms with Crippen LogP contribution >= 0.6 is 15.9 Å². The molecule has 154 valence electrons. The number of hydrogen-bond donors (Lipinski definition) is 3. The van der Waals surface area contributed by atoms with Crippen LogP contribution in [0.15, 0.2) is 33.8 Å². The monoisotopic (exact) mass is 470 g/mol. The third-order valence-electron chi connectivity index (χ3n) is 4.49. The normalized spacial score (nSPS) is 11.9. The van der Waals surface area contributed by atoms with Crippen molar-refractivity contribution in [2.24, 2.45) is 0 Å². The topological polar surface area (TPSA) is 103 Å². The molecule has 0 aliphatic rings. The number of aromatic amines is 1. The average molecular weight is 471 g/mol. The Labute approximate surface area is 171 Å². The first kappa shape index (κ1) is 21.0. The molecule has 11 heteroatoms. The maximum atomic E-state index is 12.9. The molecule has 3 rings (SSSR count). The molecule has 0 bridgehead atoms. The van der Waals surface area contributed by atoms with Crippen LogP contribution in [0, 0.1) is 10.8 Å². The van der Waals surface area contributed by atoms with Gasteiger partial charge in [0.15, 0.2) is 15.9 Å². The van der Waals surface area contributed by atoms with Gasteiger partial charge in [-0.1, -0.05) is 31.9 Å². The quantitative estimate of drug-likeness (QED) is 0.228. The van der Waals surface area contributed by atoms with Gasteiger partial charge in [-0.3, -0.25) is 20.2 Å². The van der Waals surface area contributed by atoms with Crippen LogP contribution in [0.1, 0.15) is 37.3 Å². The van der Waals surface area contributed by atoms with Crippen molar-refractivity contribution in [2.75, 3.05) is 0 Å². The predicted molar refractivity (Wildman–Crippen MR) is 105 cm³/mol. The van der Waals surface area contributed by atoms with Crippen molar-refractivity contribution in [2.45, 2.75) is 38.9 Å². The number of aromatic nitrogens is 4. The van der Waals surface area contributed by atoms with E-state index in [-0.39, 0.29) is 22.5 Å². The van der Waals surface area contributed by atoms with E-state index in [2.05, 4.69) is 25.9 Å². The molecule has 0 spiro atoms. The minimum Gasteiger partial charge on any atom is -0.327 e. The van der Waals surface area contributed by atoms with Gasteiger partial charge in [0.25, 0.3) is 5.56 Å². The minimum absolute atomic E-state index is 0.0895. The lowest BCUT2D eigenvalue weighted by Crippen LogP contribution is -2.44. The number of nitrogens with one attached hydrogen (secondary N) is 3. The van der Waals surface area contributed by atoms with Gasteiger partial charge in [-0.25, -0.2) is 9.55 Å². The Hall–Kier alpha value is -2.69. The number of nitrogens with zero attached hydrogens (tertiary/aromatic N) is 3. The number of halogens is 4. The van der Waals surface area contributed by atoms with E-state index >= 15 is 0 Å². The Morgan fingerprint density at radius 1 is 1.24 bits per heavy atom. The Morgan fingerprint density at radius 2 is 1.90 bits per heavy atom. The molecular weight excluding hydrogens is 453 g/mol. The fraction of sp³-hybridized carbons (Fsp3) is 0.333. The van der Waals surface area contributed by atoms with E-state index < -0.39 is 17.3 Å². The number of unbranched alkanes of at least 4 members (excludes halogenated alkanes) is 2. The molecule has 29 heavy (non-hydrogen) atoms. The number of alkyl halides is 3. The lowest BCUT2D eigenvalue weighted by Gasteiger charge is -2.14. The molecule has 2 aromatic heterocycles. The van der Waals surface area contributed by atoms with E-state index in [9.17, 15) is 18.0 Å². The summed E-state index contributed by atoms with van der Waals surface area (Å²) >= 11 is 3.18. The Morgan fingerprint density at radius 3 is 2.48 bits per heavy atom. The van der Waals surface area contributed by atoms with Crippen molar-refractivity contribution in [3.05, 3.63) is 56.1 Å². The number of rotatable bonds is 5. The first-order valence-electron chi connectivity index (χ1n) is 8.87. The highest BCUT2D eigenvalue weighted by Crippen LogP contribution is 2.29. The van der Waals surface area contributed by atoms with E-state index in [4.69, 9.17) is 10.8 Å². The van der Waals surface area contributed by atoms with Crippen LogP contribution in [-0.4, -0.2) is 24.9 Å². The molecule has 3 aromatic rings. The summed E-state index contributed by atoms with van der Waals surface area (Å²) in [6, 6.07) is 3.93. The standard InChI is InChI=1S/C18H18BrF3N6O/c1-2-3-4-9-27-14-12(25-16(19)26-14)15(29)28(17(27)24)13(23)10-5-7-11(8-6-10)18(20,21)22/h5-8,23-24H,2-4,9H2,1H3,(H,25,26). The van der Waals surface area contributed by atoms with Gasteiger partial charge in [0.2, 0.25) is 5.62 Å². The van der Waals surface area contributed by atoms with Crippen LogP contribution in [0.2, 0.25) is 0 Å². The molecule has 0 aliphatic heterocycles. The zero-order valence-corrected chi connectivity index (χ0v) is 17.0. The summed E-state index contributed by atoms with van der Waals surface area (Å²) in [5.74, 6) is -0.384. The Bertz CT molecular complexity index is 1170. The summed E-state index contributed by atoms with van der Waals surface area (Å²) in [4.78, 5) is 19.9.